The van der Waals surface area contributed by atoms with E-state index in [1.165, 1.54) is 30.5 Å². The second kappa shape index (κ2) is 7.02. The average molecular weight is 339 g/mol. The Labute approximate surface area is 141 Å². The quantitative estimate of drug-likeness (QED) is 0.328. The van der Waals surface area contributed by atoms with Gasteiger partial charge in [-0.1, -0.05) is 0 Å². The number of non-ortho nitro benzene ring substituents is 1. The van der Waals surface area contributed by atoms with Crippen molar-refractivity contribution >= 4 is 22.7 Å². The predicted octanol–water partition coefficient (Wildman–Crippen LogP) is 2.29. The Balaban J connectivity index is 1.93. The highest BCUT2D eigenvalue weighted by molar-refractivity contribution is 5.97. The molecule has 25 heavy (non-hydrogen) atoms. The van der Waals surface area contributed by atoms with Crippen LogP contribution in [0.2, 0.25) is 0 Å². The van der Waals surface area contributed by atoms with Crippen molar-refractivity contribution in [2.45, 2.75) is 6.42 Å². The summed E-state index contributed by atoms with van der Waals surface area (Å²) >= 11 is 0. The van der Waals surface area contributed by atoms with Gasteiger partial charge in [0.05, 0.1) is 10.5 Å². The van der Waals surface area contributed by atoms with E-state index in [4.69, 9.17) is 4.74 Å². The zero-order chi connectivity index (χ0) is 17.8. The normalized spacial score (nSPS) is 10.6. The number of fused-ring (bicyclic) bond motifs is 1. The number of carbonyl (C=O) groups excluding carboxylic acids is 1. The molecule has 126 valence electrons. The zero-order valence-electron chi connectivity index (χ0n) is 13.0. The lowest BCUT2D eigenvalue weighted by Crippen LogP contribution is -2.13. The maximum atomic E-state index is 12.5. The monoisotopic (exact) mass is 339 g/mol. The molecule has 0 aliphatic heterocycles. The van der Waals surface area contributed by atoms with Crippen molar-refractivity contribution in [3.05, 3.63) is 70.0 Å². The molecule has 0 unspecified atom stereocenters. The topological polar surface area (TPSA) is 115 Å². The van der Waals surface area contributed by atoms with Crippen LogP contribution < -0.4 is 4.74 Å². The van der Waals surface area contributed by atoms with E-state index in [1.54, 1.807) is 18.3 Å². The van der Waals surface area contributed by atoms with Gasteiger partial charge in [-0.05, 0) is 36.2 Å². The number of nitro benzene ring substituents is 1. The summed E-state index contributed by atoms with van der Waals surface area (Å²) in [6.07, 6.45) is 3.19. The Morgan fingerprint density at radius 1 is 1.20 bits per heavy atom. The first-order chi connectivity index (χ1) is 12.1. The van der Waals surface area contributed by atoms with Crippen LogP contribution in [0.5, 0.6) is 5.75 Å². The van der Waals surface area contributed by atoms with Crippen LogP contribution in [0.15, 0.2) is 48.8 Å². The minimum atomic E-state index is -0.657. The maximum absolute atomic E-state index is 12.5. The number of rotatable bonds is 5. The molecule has 0 atom stereocenters. The molecule has 0 bridgehead atoms. The summed E-state index contributed by atoms with van der Waals surface area (Å²) in [5.41, 5.74) is 1.18. The van der Waals surface area contributed by atoms with Gasteiger partial charge in [0.1, 0.15) is 5.75 Å². The second-order valence-corrected chi connectivity index (χ2v) is 5.14. The third-order valence-electron chi connectivity index (χ3n) is 3.59. The number of benzene rings is 1. The number of ether oxygens (including phenoxy) is 1. The lowest BCUT2D eigenvalue weighted by molar-refractivity contribution is -0.384. The maximum Gasteiger partial charge on any atom is 0.345 e. The summed E-state index contributed by atoms with van der Waals surface area (Å²) < 4.78 is 5.27. The van der Waals surface area contributed by atoms with Crippen LogP contribution in [0.1, 0.15) is 15.9 Å². The minimum absolute atomic E-state index is 0.0979. The molecule has 1 aromatic carbocycles. The molecule has 0 spiro atoms. The molecule has 0 fully saturated rings. The zero-order valence-corrected chi connectivity index (χ0v) is 13.0. The molecule has 0 aliphatic rings. The molecule has 2 aromatic heterocycles. The molecule has 0 saturated carbocycles. The van der Waals surface area contributed by atoms with Crippen LogP contribution in [0.25, 0.3) is 11.0 Å². The molecule has 1 N–H and O–H groups in total. The van der Waals surface area contributed by atoms with Gasteiger partial charge >= 0.3 is 5.97 Å². The highest BCUT2D eigenvalue weighted by atomic mass is 16.6. The SMILES string of the molecule is O=C(Oc1ccc([N+](=O)[O-])cc1)c1cnc2ncccc2c1CCO. The van der Waals surface area contributed by atoms with Crippen LogP contribution in [0.4, 0.5) is 5.69 Å². The number of aliphatic hydroxyl groups is 1. The van der Waals surface area contributed by atoms with Crippen LogP contribution >= 0.6 is 0 Å². The van der Waals surface area contributed by atoms with E-state index in [0.717, 1.165) is 0 Å². The summed E-state index contributed by atoms with van der Waals surface area (Å²) in [6.45, 7) is -0.147. The number of esters is 1. The molecule has 3 rings (SSSR count). The molecule has 0 amide bonds. The lowest BCUT2D eigenvalue weighted by atomic mass is 10.0. The molecule has 0 aliphatic carbocycles. The van der Waals surface area contributed by atoms with Crippen LogP contribution in [-0.4, -0.2) is 32.6 Å². The lowest BCUT2D eigenvalue weighted by Gasteiger charge is -2.10. The first-order valence-corrected chi connectivity index (χ1v) is 7.40. The molecular weight excluding hydrogens is 326 g/mol. The first-order valence-electron chi connectivity index (χ1n) is 7.40. The van der Waals surface area contributed by atoms with Crippen molar-refractivity contribution in [2.75, 3.05) is 6.61 Å². The number of pyridine rings is 2. The van der Waals surface area contributed by atoms with E-state index >= 15 is 0 Å². The summed E-state index contributed by atoms with van der Waals surface area (Å²) in [7, 11) is 0. The Hall–Kier alpha value is -3.39. The third kappa shape index (κ3) is 3.43. The number of carbonyl (C=O) groups is 1. The van der Waals surface area contributed by atoms with Gasteiger partial charge in [-0.2, -0.15) is 0 Å². The Bertz CT molecular complexity index is 941. The van der Waals surface area contributed by atoms with E-state index in [1.807, 2.05) is 0 Å². The molecular formula is C17H13N3O5. The summed E-state index contributed by atoms with van der Waals surface area (Å²) in [4.78, 5) is 30.9. The van der Waals surface area contributed by atoms with Gasteiger partial charge in [0, 0.05) is 36.5 Å². The highest BCUT2D eigenvalue weighted by Crippen LogP contribution is 2.23. The molecule has 8 heteroatoms. The summed E-state index contributed by atoms with van der Waals surface area (Å²) in [5, 5.41) is 20.6. The van der Waals surface area contributed by atoms with E-state index in [-0.39, 0.29) is 30.0 Å². The third-order valence-corrected chi connectivity index (χ3v) is 3.59. The molecule has 8 nitrogen and oxygen atoms in total. The Morgan fingerprint density at radius 3 is 2.64 bits per heavy atom. The minimum Gasteiger partial charge on any atom is -0.423 e. The van der Waals surface area contributed by atoms with Crippen molar-refractivity contribution in [3.8, 4) is 5.75 Å². The van der Waals surface area contributed by atoms with Crippen molar-refractivity contribution in [3.63, 3.8) is 0 Å². The van der Waals surface area contributed by atoms with Crippen LogP contribution in [0, 0.1) is 10.1 Å². The van der Waals surface area contributed by atoms with Crippen LogP contribution in [0.3, 0.4) is 0 Å². The predicted molar refractivity (Wildman–Crippen MR) is 88.4 cm³/mol. The molecule has 3 aromatic rings. The number of aliphatic hydroxyl groups excluding tert-OH is 1. The number of hydrogen-bond acceptors (Lipinski definition) is 7. The van der Waals surface area contributed by atoms with E-state index in [0.29, 0.717) is 16.6 Å². The largest absolute Gasteiger partial charge is 0.423 e. The summed E-state index contributed by atoms with van der Waals surface area (Å²) in [6, 6.07) is 8.68. The van der Waals surface area contributed by atoms with E-state index < -0.39 is 10.9 Å². The van der Waals surface area contributed by atoms with Gasteiger partial charge < -0.3 is 9.84 Å². The van der Waals surface area contributed by atoms with Gasteiger partial charge in [-0.25, -0.2) is 14.8 Å². The van der Waals surface area contributed by atoms with Gasteiger partial charge in [0.15, 0.2) is 5.65 Å². The fourth-order valence-electron chi connectivity index (χ4n) is 2.44. The van der Waals surface area contributed by atoms with Gasteiger partial charge in [-0.15, -0.1) is 0 Å². The van der Waals surface area contributed by atoms with E-state index in [2.05, 4.69) is 9.97 Å². The van der Waals surface area contributed by atoms with E-state index in [9.17, 15) is 20.0 Å². The van der Waals surface area contributed by atoms with Gasteiger partial charge in [0.25, 0.3) is 5.69 Å². The van der Waals surface area contributed by atoms with Crippen molar-refractivity contribution < 1.29 is 19.6 Å². The number of nitro groups is 1. The highest BCUT2D eigenvalue weighted by Gasteiger charge is 2.18. The number of hydrogen-bond donors (Lipinski definition) is 1. The molecule has 2 heterocycles. The van der Waals surface area contributed by atoms with Crippen molar-refractivity contribution in [2.24, 2.45) is 0 Å². The average Bonchev–Trinajstić information content (AvgIpc) is 2.62. The van der Waals surface area contributed by atoms with Crippen molar-refractivity contribution in [1.29, 1.82) is 0 Å². The smallest absolute Gasteiger partial charge is 0.345 e. The number of aromatic nitrogens is 2. The Kier molecular flexibility index (Phi) is 4.62. The fourth-order valence-corrected chi connectivity index (χ4v) is 2.44. The first kappa shape index (κ1) is 16.5. The molecule has 0 radical (unpaired) electrons. The van der Waals surface area contributed by atoms with Gasteiger partial charge in [0.2, 0.25) is 0 Å². The van der Waals surface area contributed by atoms with Crippen molar-refractivity contribution in [1.82, 2.24) is 9.97 Å². The molecule has 0 saturated heterocycles. The van der Waals surface area contributed by atoms with Gasteiger partial charge in [-0.3, -0.25) is 10.1 Å². The summed E-state index contributed by atoms with van der Waals surface area (Å²) in [5.74, 6) is -0.479. The van der Waals surface area contributed by atoms with Crippen LogP contribution in [-0.2, 0) is 6.42 Å². The standard InChI is InChI=1S/C17H13N3O5/c21-9-7-13-14-2-1-8-18-16(14)19-10-15(13)17(22)25-12-5-3-11(4-6-12)20(23)24/h1-6,8,10,21H,7,9H2. The fraction of sp³-hybridized carbons (Fsp3) is 0.118. The Morgan fingerprint density at radius 2 is 1.96 bits per heavy atom. The number of nitrogens with zero attached hydrogens (tertiary/aromatic N) is 3. The second-order valence-electron chi connectivity index (χ2n) is 5.14.